The minimum absolute atomic E-state index is 0.0771. The zero-order chi connectivity index (χ0) is 18.9. The van der Waals surface area contributed by atoms with Crippen molar-refractivity contribution in [2.75, 3.05) is 19.5 Å². The molecule has 0 aliphatic carbocycles. The summed E-state index contributed by atoms with van der Waals surface area (Å²) >= 11 is 0. The Bertz CT molecular complexity index is 747. The van der Waals surface area contributed by atoms with E-state index in [9.17, 15) is 9.59 Å². The van der Waals surface area contributed by atoms with Crippen LogP contribution in [0.5, 0.6) is 11.5 Å². The Morgan fingerprint density at radius 3 is 2.31 bits per heavy atom. The highest BCUT2D eigenvalue weighted by atomic mass is 16.5. The number of amides is 2. The molecule has 0 unspecified atom stereocenters. The maximum absolute atomic E-state index is 12.2. The van der Waals surface area contributed by atoms with Crippen molar-refractivity contribution in [2.24, 2.45) is 0 Å². The van der Waals surface area contributed by atoms with E-state index in [1.54, 1.807) is 25.3 Å². The van der Waals surface area contributed by atoms with Gasteiger partial charge in [0, 0.05) is 18.9 Å². The molecule has 0 saturated carbocycles. The van der Waals surface area contributed by atoms with Crippen molar-refractivity contribution in [2.45, 2.75) is 25.8 Å². The van der Waals surface area contributed by atoms with Gasteiger partial charge in [-0.25, -0.2) is 0 Å². The molecule has 6 nitrogen and oxygen atoms in total. The minimum Gasteiger partial charge on any atom is -0.497 e. The lowest BCUT2D eigenvalue weighted by Crippen LogP contribution is -2.27. The molecule has 0 aromatic heterocycles. The lowest BCUT2D eigenvalue weighted by molar-refractivity contribution is -0.124. The lowest BCUT2D eigenvalue weighted by Gasteiger charge is -2.14. The van der Waals surface area contributed by atoms with Crippen molar-refractivity contribution in [3.8, 4) is 11.5 Å². The van der Waals surface area contributed by atoms with Crippen LogP contribution in [0.25, 0.3) is 0 Å². The third-order valence-corrected chi connectivity index (χ3v) is 3.94. The summed E-state index contributed by atoms with van der Waals surface area (Å²) in [5, 5.41) is 5.65. The van der Waals surface area contributed by atoms with Crippen molar-refractivity contribution < 1.29 is 19.1 Å². The largest absolute Gasteiger partial charge is 0.497 e. The highest BCUT2D eigenvalue weighted by Gasteiger charge is 2.13. The quantitative estimate of drug-likeness (QED) is 0.761. The average molecular weight is 356 g/mol. The first-order valence-corrected chi connectivity index (χ1v) is 8.39. The smallest absolute Gasteiger partial charge is 0.224 e. The molecule has 2 aromatic carbocycles. The number of rotatable bonds is 8. The van der Waals surface area contributed by atoms with E-state index in [0.717, 1.165) is 5.56 Å². The Morgan fingerprint density at radius 1 is 0.962 bits per heavy atom. The zero-order valence-corrected chi connectivity index (χ0v) is 15.2. The number of nitrogens with one attached hydrogen (secondary N) is 2. The molecule has 0 saturated heterocycles. The van der Waals surface area contributed by atoms with Crippen LogP contribution < -0.4 is 20.1 Å². The molecule has 0 spiro atoms. The topological polar surface area (TPSA) is 76.7 Å². The van der Waals surface area contributed by atoms with Gasteiger partial charge in [-0.05, 0) is 24.6 Å². The number of methoxy groups -OCH3 is 2. The number of carbonyl (C=O) groups is 2. The summed E-state index contributed by atoms with van der Waals surface area (Å²) in [6.45, 7) is 1.91. The van der Waals surface area contributed by atoms with Crippen LogP contribution in [0.4, 0.5) is 5.69 Å². The monoisotopic (exact) mass is 356 g/mol. The fourth-order valence-corrected chi connectivity index (χ4v) is 2.49. The van der Waals surface area contributed by atoms with Crippen LogP contribution in [0.1, 0.15) is 31.4 Å². The lowest BCUT2D eigenvalue weighted by atomic mass is 10.1. The van der Waals surface area contributed by atoms with Gasteiger partial charge in [-0.3, -0.25) is 9.59 Å². The zero-order valence-electron chi connectivity index (χ0n) is 15.2. The van der Waals surface area contributed by atoms with Crippen molar-refractivity contribution in [3.63, 3.8) is 0 Å². The van der Waals surface area contributed by atoms with E-state index in [2.05, 4.69) is 10.6 Å². The molecular formula is C20H24N2O4. The second kappa shape index (κ2) is 9.46. The maximum Gasteiger partial charge on any atom is 0.224 e. The standard InChI is InChI=1S/C20H24N2O4/c1-14(15-7-5-4-6-8-15)21-19(23)11-12-20(24)22-17-13-16(25-2)9-10-18(17)26-3/h4-10,13-14H,11-12H2,1-3H3,(H,21,23)(H,22,24)/t14-/m1/s1. The fourth-order valence-electron chi connectivity index (χ4n) is 2.49. The van der Waals surface area contributed by atoms with E-state index in [-0.39, 0.29) is 30.7 Å². The number of hydrogen-bond donors (Lipinski definition) is 2. The summed E-state index contributed by atoms with van der Waals surface area (Å²) in [6, 6.07) is 14.7. The molecule has 2 amide bonds. The summed E-state index contributed by atoms with van der Waals surface area (Å²) in [6.07, 6.45) is 0.184. The molecular weight excluding hydrogens is 332 g/mol. The Labute approximate surface area is 153 Å². The van der Waals surface area contributed by atoms with Gasteiger partial charge in [0.2, 0.25) is 11.8 Å². The number of benzene rings is 2. The van der Waals surface area contributed by atoms with Gasteiger partial charge in [0.15, 0.2) is 0 Å². The highest BCUT2D eigenvalue weighted by Crippen LogP contribution is 2.29. The van der Waals surface area contributed by atoms with Gasteiger partial charge in [-0.2, -0.15) is 0 Å². The number of anilines is 1. The second-order valence-electron chi connectivity index (χ2n) is 5.81. The van der Waals surface area contributed by atoms with Crippen LogP contribution in [0.15, 0.2) is 48.5 Å². The highest BCUT2D eigenvalue weighted by molar-refractivity contribution is 5.94. The predicted molar refractivity (Wildman–Crippen MR) is 100 cm³/mol. The van der Waals surface area contributed by atoms with Crippen molar-refractivity contribution in [3.05, 3.63) is 54.1 Å². The Morgan fingerprint density at radius 2 is 1.65 bits per heavy atom. The molecule has 138 valence electrons. The average Bonchev–Trinajstić information content (AvgIpc) is 2.67. The van der Waals surface area contributed by atoms with Crippen LogP contribution >= 0.6 is 0 Å². The van der Waals surface area contributed by atoms with Crippen LogP contribution in [0.2, 0.25) is 0 Å². The van der Waals surface area contributed by atoms with Crippen LogP contribution in [-0.4, -0.2) is 26.0 Å². The Kier molecular flexibility index (Phi) is 7.02. The van der Waals surface area contributed by atoms with Gasteiger partial charge in [0.05, 0.1) is 25.9 Å². The molecule has 26 heavy (non-hydrogen) atoms. The van der Waals surface area contributed by atoms with Gasteiger partial charge in [-0.1, -0.05) is 30.3 Å². The summed E-state index contributed by atoms with van der Waals surface area (Å²) in [5.74, 6) is 0.699. The second-order valence-corrected chi connectivity index (χ2v) is 5.81. The number of carbonyl (C=O) groups excluding carboxylic acids is 2. The van der Waals surface area contributed by atoms with E-state index >= 15 is 0 Å². The number of hydrogen-bond acceptors (Lipinski definition) is 4. The number of ether oxygens (including phenoxy) is 2. The van der Waals surface area contributed by atoms with E-state index in [1.807, 2.05) is 37.3 Å². The molecule has 0 radical (unpaired) electrons. The van der Waals surface area contributed by atoms with Gasteiger partial charge in [0.25, 0.3) is 0 Å². The maximum atomic E-state index is 12.2. The molecule has 6 heteroatoms. The van der Waals surface area contributed by atoms with Crippen molar-refractivity contribution in [1.82, 2.24) is 5.32 Å². The first-order chi connectivity index (χ1) is 12.5. The third-order valence-electron chi connectivity index (χ3n) is 3.94. The van der Waals surface area contributed by atoms with Crippen LogP contribution in [0, 0.1) is 0 Å². The fraction of sp³-hybridized carbons (Fsp3) is 0.300. The molecule has 0 aliphatic rings. The van der Waals surface area contributed by atoms with Gasteiger partial charge < -0.3 is 20.1 Å². The first-order valence-electron chi connectivity index (χ1n) is 8.39. The normalized spacial score (nSPS) is 11.3. The van der Waals surface area contributed by atoms with E-state index in [4.69, 9.17) is 9.47 Å². The minimum atomic E-state index is -0.265. The van der Waals surface area contributed by atoms with Crippen LogP contribution in [-0.2, 0) is 9.59 Å². The Balaban J connectivity index is 1.86. The first kappa shape index (κ1) is 19.3. The van der Waals surface area contributed by atoms with E-state index in [0.29, 0.717) is 17.2 Å². The molecule has 2 rings (SSSR count). The Hall–Kier alpha value is -3.02. The summed E-state index contributed by atoms with van der Waals surface area (Å²) in [7, 11) is 3.07. The molecule has 0 heterocycles. The molecule has 0 bridgehead atoms. The summed E-state index contributed by atoms with van der Waals surface area (Å²) in [4.78, 5) is 24.2. The van der Waals surface area contributed by atoms with Crippen molar-refractivity contribution in [1.29, 1.82) is 0 Å². The predicted octanol–water partition coefficient (Wildman–Crippen LogP) is 3.30. The summed E-state index contributed by atoms with van der Waals surface area (Å²) in [5.41, 5.74) is 1.53. The SMILES string of the molecule is COc1ccc(OC)c(NC(=O)CCC(=O)N[C@H](C)c2ccccc2)c1. The molecule has 1 atom stereocenters. The molecule has 0 aliphatic heterocycles. The molecule has 0 fully saturated rings. The molecule has 2 aromatic rings. The van der Waals surface area contributed by atoms with Gasteiger partial charge in [-0.15, -0.1) is 0 Å². The van der Waals surface area contributed by atoms with E-state index < -0.39 is 0 Å². The van der Waals surface area contributed by atoms with Gasteiger partial charge in [0.1, 0.15) is 11.5 Å². The van der Waals surface area contributed by atoms with Crippen LogP contribution in [0.3, 0.4) is 0 Å². The molecule has 2 N–H and O–H groups in total. The van der Waals surface area contributed by atoms with Gasteiger partial charge >= 0.3 is 0 Å². The third kappa shape index (κ3) is 5.51. The summed E-state index contributed by atoms with van der Waals surface area (Å²) < 4.78 is 10.4. The van der Waals surface area contributed by atoms with E-state index in [1.165, 1.54) is 7.11 Å². The van der Waals surface area contributed by atoms with Crippen molar-refractivity contribution >= 4 is 17.5 Å².